The van der Waals surface area contributed by atoms with Crippen LogP contribution in [0, 0.1) is 12.8 Å². The molecule has 2 aromatic rings. The van der Waals surface area contributed by atoms with Gasteiger partial charge >= 0.3 is 0 Å². The minimum Gasteiger partial charge on any atom is -0.477 e. The number of hydrogen-bond donors (Lipinski definition) is 0. The third kappa shape index (κ3) is 3.22. The second-order valence-corrected chi connectivity index (χ2v) is 6.62. The molecular weight excluding hydrogens is 302 g/mol. The maximum atomic E-state index is 6.03. The summed E-state index contributed by atoms with van der Waals surface area (Å²) in [6.07, 6.45) is 4.16. The molecule has 2 fully saturated rings. The van der Waals surface area contributed by atoms with Crippen molar-refractivity contribution in [3.05, 3.63) is 48.3 Å². The fourth-order valence-electron chi connectivity index (χ4n) is 3.80. The van der Waals surface area contributed by atoms with Crippen LogP contribution in [0.15, 0.2) is 42.6 Å². The van der Waals surface area contributed by atoms with E-state index in [0.717, 1.165) is 37.5 Å². The van der Waals surface area contributed by atoms with Crippen LogP contribution in [0.3, 0.4) is 0 Å². The van der Waals surface area contributed by atoms with E-state index in [-0.39, 0.29) is 6.10 Å². The highest BCUT2D eigenvalue weighted by atomic mass is 16.5. The van der Waals surface area contributed by atoms with Gasteiger partial charge in [-0.05, 0) is 43.9 Å². The molecule has 2 aliphatic rings. The molecule has 1 aliphatic carbocycles. The van der Waals surface area contributed by atoms with E-state index >= 15 is 0 Å². The summed E-state index contributed by atoms with van der Waals surface area (Å²) in [7, 11) is 0. The van der Waals surface area contributed by atoms with Crippen molar-refractivity contribution in [2.24, 2.45) is 5.92 Å². The zero-order chi connectivity index (χ0) is 16.4. The molecule has 126 valence electrons. The first-order valence-electron chi connectivity index (χ1n) is 8.65. The first-order chi connectivity index (χ1) is 11.8. The van der Waals surface area contributed by atoms with Crippen LogP contribution in [0.5, 0.6) is 5.88 Å². The summed E-state index contributed by atoms with van der Waals surface area (Å²) >= 11 is 0. The van der Waals surface area contributed by atoms with Crippen molar-refractivity contribution < 1.29 is 9.47 Å². The standard InChI is InChI=1S/C19H23N3O2/c1-14-5-4-6-18(21-14)22-9-10-23-17-12-15(11-16(17)22)13-24-19-7-2-3-8-20-19/h2-8,15-17H,9-13H2,1H3/t15-,16-,17-/m1/s1. The first-order valence-corrected chi connectivity index (χ1v) is 8.65. The molecule has 0 N–H and O–H groups in total. The van der Waals surface area contributed by atoms with Crippen molar-refractivity contribution >= 4 is 5.82 Å². The summed E-state index contributed by atoms with van der Waals surface area (Å²) in [4.78, 5) is 11.4. The zero-order valence-corrected chi connectivity index (χ0v) is 14.0. The maximum absolute atomic E-state index is 6.03. The number of aromatic nitrogens is 2. The number of fused-ring (bicyclic) bond motifs is 1. The Morgan fingerprint density at radius 1 is 1.21 bits per heavy atom. The molecule has 1 saturated heterocycles. The molecule has 2 aromatic heterocycles. The van der Waals surface area contributed by atoms with E-state index in [2.05, 4.69) is 22.0 Å². The molecular formula is C19H23N3O2. The van der Waals surface area contributed by atoms with E-state index in [0.29, 0.717) is 24.4 Å². The van der Waals surface area contributed by atoms with Gasteiger partial charge in [-0.1, -0.05) is 12.1 Å². The number of nitrogens with zero attached hydrogens (tertiary/aromatic N) is 3. The number of pyridine rings is 2. The third-order valence-electron chi connectivity index (χ3n) is 4.91. The van der Waals surface area contributed by atoms with Crippen molar-refractivity contribution in [1.82, 2.24) is 9.97 Å². The number of aryl methyl sites for hydroxylation is 1. The molecule has 0 amide bonds. The Bertz CT molecular complexity index is 679. The fourth-order valence-corrected chi connectivity index (χ4v) is 3.80. The normalized spacial score (nSPS) is 26.2. The van der Waals surface area contributed by atoms with Gasteiger partial charge in [-0.2, -0.15) is 0 Å². The smallest absolute Gasteiger partial charge is 0.213 e. The van der Waals surface area contributed by atoms with E-state index in [1.54, 1.807) is 6.20 Å². The van der Waals surface area contributed by atoms with Crippen LogP contribution in [-0.4, -0.2) is 41.9 Å². The molecule has 3 atom stereocenters. The number of hydrogen-bond acceptors (Lipinski definition) is 5. The van der Waals surface area contributed by atoms with Crippen LogP contribution >= 0.6 is 0 Å². The van der Waals surface area contributed by atoms with Crippen LogP contribution < -0.4 is 9.64 Å². The Labute approximate surface area is 142 Å². The topological polar surface area (TPSA) is 47.5 Å². The average Bonchev–Trinajstić information content (AvgIpc) is 3.04. The van der Waals surface area contributed by atoms with E-state index in [1.165, 1.54) is 0 Å². The average molecular weight is 325 g/mol. The van der Waals surface area contributed by atoms with E-state index in [9.17, 15) is 0 Å². The Morgan fingerprint density at radius 2 is 2.17 bits per heavy atom. The lowest BCUT2D eigenvalue weighted by atomic mass is 10.1. The first kappa shape index (κ1) is 15.4. The van der Waals surface area contributed by atoms with Crippen molar-refractivity contribution in [2.75, 3.05) is 24.7 Å². The van der Waals surface area contributed by atoms with Gasteiger partial charge in [0.25, 0.3) is 0 Å². The molecule has 1 aliphatic heterocycles. The molecule has 5 heteroatoms. The van der Waals surface area contributed by atoms with E-state index < -0.39 is 0 Å². The zero-order valence-electron chi connectivity index (χ0n) is 14.0. The molecule has 4 rings (SSSR count). The van der Waals surface area contributed by atoms with Gasteiger partial charge in [-0.25, -0.2) is 9.97 Å². The Kier molecular flexibility index (Phi) is 4.34. The predicted octanol–water partition coefficient (Wildman–Crippen LogP) is 2.85. The highest BCUT2D eigenvalue weighted by Crippen LogP contribution is 2.36. The molecule has 3 heterocycles. The summed E-state index contributed by atoms with van der Waals surface area (Å²) in [5, 5.41) is 0. The van der Waals surface area contributed by atoms with Crippen LogP contribution in [0.1, 0.15) is 18.5 Å². The molecule has 0 bridgehead atoms. The Balaban J connectivity index is 1.42. The molecule has 24 heavy (non-hydrogen) atoms. The van der Waals surface area contributed by atoms with Crippen LogP contribution in [0.25, 0.3) is 0 Å². The lowest BCUT2D eigenvalue weighted by molar-refractivity contribution is 0.0230. The Morgan fingerprint density at radius 3 is 3.00 bits per heavy atom. The van der Waals surface area contributed by atoms with Gasteiger partial charge < -0.3 is 14.4 Å². The molecule has 0 radical (unpaired) electrons. The van der Waals surface area contributed by atoms with Gasteiger partial charge in [0.15, 0.2) is 0 Å². The Hall–Kier alpha value is -2.14. The number of anilines is 1. The summed E-state index contributed by atoms with van der Waals surface area (Å²) in [5.74, 6) is 2.26. The summed E-state index contributed by atoms with van der Waals surface area (Å²) in [6, 6.07) is 12.4. The summed E-state index contributed by atoms with van der Waals surface area (Å²) in [6.45, 7) is 4.41. The van der Waals surface area contributed by atoms with Gasteiger partial charge in [0, 0.05) is 24.5 Å². The van der Waals surface area contributed by atoms with Gasteiger partial charge in [-0.15, -0.1) is 0 Å². The highest BCUT2D eigenvalue weighted by molar-refractivity contribution is 5.42. The summed E-state index contributed by atoms with van der Waals surface area (Å²) in [5.41, 5.74) is 1.06. The second-order valence-electron chi connectivity index (χ2n) is 6.62. The molecule has 0 aromatic carbocycles. The summed E-state index contributed by atoms with van der Waals surface area (Å²) < 4.78 is 11.9. The number of ether oxygens (including phenoxy) is 2. The highest BCUT2D eigenvalue weighted by Gasteiger charge is 2.41. The van der Waals surface area contributed by atoms with Gasteiger partial charge in [0.1, 0.15) is 5.82 Å². The molecule has 0 unspecified atom stereocenters. The molecule has 1 saturated carbocycles. The largest absolute Gasteiger partial charge is 0.477 e. The molecule has 0 spiro atoms. The van der Waals surface area contributed by atoms with E-state index in [1.807, 2.05) is 31.2 Å². The minimum atomic E-state index is 0.276. The van der Waals surface area contributed by atoms with Crippen LogP contribution in [0.4, 0.5) is 5.82 Å². The van der Waals surface area contributed by atoms with Crippen molar-refractivity contribution in [3.8, 4) is 5.88 Å². The monoisotopic (exact) mass is 325 g/mol. The van der Waals surface area contributed by atoms with Crippen molar-refractivity contribution in [3.63, 3.8) is 0 Å². The third-order valence-corrected chi connectivity index (χ3v) is 4.91. The lowest BCUT2D eigenvalue weighted by Crippen LogP contribution is -2.49. The number of rotatable bonds is 4. The predicted molar refractivity (Wildman–Crippen MR) is 92.3 cm³/mol. The van der Waals surface area contributed by atoms with Gasteiger partial charge in [0.2, 0.25) is 5.88 Å². The van der Waals surface area contributed by atoms with Crippen LogP contribution in [0.2, 0.25) is 0 Å². The minimum absolute atomic E-state index is 0.276. The lowest BCUT2D eigenvalue weighted by Gasteiger charge is -2.38. The quantitative estimate of drug-likeness (QED) is 0.865. The molecule has 5 nitrogen and oxygen atoms in total. The SMILES string of the molecule is Cc1cccc(N2CCO[C@@H]3C[C@H](COc4ccccn4)C[C@H]32)n1. The fraction of sp³-hybridized carbons (Fsp3) is 0.474. The van der Waals surface area contributed by atoms with E-state index in [4.69, 9.17) is 14.5 Å². The maximum Gasteiger partial charge on any atom is 0.213 e. The van der Waals surface area contributed by atoms with Crippen molar-refractivity contribution in [1.29, 1.82) is 0 Å². The van der Waals surface area contributed by atoms with Crippen molar-refractivity contribution in [2.45, 2.75) is 31.9 Å². The second kappa shape index (κ2) is 6.77. The number of morpholine rings is 1. The van der Waals surface area contributed by atoms with Crippen LogP contribution in [-0.2, 0) is 4.74 Å². The van der Waals surface area contributed by atoms with Gasteiger partial charge in [-0.3, -0.25) is 0 Å². The van der Waals surface area contributed by atoms with Gasteiger partial charge in [0.05, 0.1) is 25.4 Å².